The number of anilines is 1. The van der Waals surface area contributed by atoms with Crippen molar-refractivity contribution in [2.24, 2.45) is 11.8 Å². The Morgan fingerprint density at radius 3 is 2.73 bits per heavy atom. The van der Waals surface area contributed by atoms with Crippen molar-refractivity contribution < 1.29 is 4.79 Å². The molecule has 3 aromatic rings. The van der Waals surface area contributed by atoms with Crippen LogP contribution in [0, 0.1) is 11.8 Å². The summed E-state index contributed by atoms with van der Waals surface area (Å²) in [6, 6.07) is 6.82. The number of nitrogens with one attached hydrogen (secondary N) is 1. The largest absolute Gasteiger partial charge is 0.334 e. The lowest BCUT2D eigenvalue weighted by Crippen LogP contribution is -2.60. The zero-order chi connectivity index (χ0) is 24.9. The van der Waals surface area contributed by atoms with Gasteiger partial charge in [0, 0.05) is 30.2 Å². The molecule has 4 aliphatic rings. The first-order valence-electron chi connectivity index (χ1n) is 14.1. The molecule has 4 unspecified atom stereocenters. The molecule has 0 bridgehead atoms. The SMILES string of the molecule is CC1CC2NCN(c3cccc(-c4nncn4C4CCCCC4)n3)C(=O)C2CC1n1cnc(C2CC2)c1. The molecule has 4 atom stereocenters. The Morgan fingerprint density at radius 1 is 1.03 bits per heavy atom. The summed E-state index contributed by atoms with van der Waals surface area (Å²) in [4.78, 5) is 25.3. The normalized spacial score (nSPS) is 28.9. The number of carbonyl (C=O) groups excluding carboxylic acids is 1. The van der Waals surface area contributed by atoms with Gasteiger partial charge in [-0.05, 0) is 56.6 Å². The molecular weight excluding hydrogens is 464 g/mol. The molecule has 4 fully saturated rings. The zero-order valence-electron chi connectivity index (χ0n) is 21.5. The van der Waals surface area contributed by atoms with Gasteiger partial charge in [0.25, 0.3) is 0 Å². The smallest absolute Gasteiger partial charge is 0.234 e. The number of pyridine rings is 1. The van der Waals surface area contributed by atoms with Crippen molar-refractivity contribution in [3.63, 3.8) is 0 Å². The Kier molecular flexibility index (Phi) is 5.83. The second kappa shape index (κ2) is 9.35. The van der Waals surface area contributed by atoms with Crippen molar-refractivity contribution in [1.29, 1.82) is 0 Å². The third-order valence-corrected chi connectivity index (χ3v) is 9.14. The van der Waals surface area contributed by atoms with E-state index in [0.29, 0.717) is 36.4 Å². The van der Waals surface area contributed by atoms with Crippen LogP contribution < -0.4 is 10.2 Å². The summed E-state index contributed by atoms with van der Waals surface area (Å²) in [7, 11) is 0. The summed E-state index contributed by atoms with van der Waals surface area (Å²) in [5.41, 5.74) is 1.99. The third kappa shape index (κ3) is 4.27. The maximum absolute atomic E-state index is 13.9. The van der Waals surface area contributed by atoms with E-state index in [9.17, 15) is 4.79 Å². The van der Waals surface area contributed by atoms with E-state index in [1.807, 2.05) is 35.8 Å². The number of hydrogen-bond donors (Lipinski definition) is 1. The third-order valence-electron chi connectivity index (χ3n) is 9.14. The summed E-state index contributed by atoms with van der Waals surface area (Å²) in [6.07, 6.45) is 16.5. The van der Waals surface area contributed by atoms with Gasteiger partial charge in [-0.3, -0.25) is 15.0 Å². The first-order chi connectivity index (χ1) is 18.2. The van der Waals surface area contributed by atoms with Gasteiger partial charge in [0.15, 0.2) is 5.82 Å². The monoisotopic (exact) mass is 500 g/mol. The first kappa shape index (κ1) is 23.1. The van der Waals surface area contributed by atoms with E-state index >= 15 is 0 Å². The predicted molar refractivity (Wildman–Crippen MR) is 140 cm³/mol. The molecule has 3 aliphatic carbocycles. The predicted octanol–water partition coefficient (Wildman–Crippen LogP) is 4.47. The quantitative estimate of drug-likeness (QED) is 0.556. The fraction of sp³-hybridized carbons (Fsp3) is 0.607. The maximum atomic E-state index is 13.9. The summed E-state index contributed by atoms with van der Waals surface area (Å²) in [5.74, 6) is 2.70. The Labute approximate surface area is 217 Å². The van der Waals surface area contributed by atoms with Crippen LogP contribution in [-0.4, -0.2) is 47.9 Å². The van der Waals surface area contributed by atoms with Gasteiger partial charge in [-0.15, -0.1) is 10.2 Å². The minimum absolute atomic E-state index is 0.0712. The van der Waals surface area contributed by atoms with Crippen molar-refractivity contribution >= 4 is 11.7 Å². The standard InChI is InChI=1S/C28H36N8O/c1-18-12-23-21(13-25(18)34-14-24(29-15-34)19-10-11-19)28(37)36(16-30-23)26-9-5-8-22(32-26)27-33-31-17-35(27)20-6-3-2-4-7-20/h5,8-9,14-15,17-21,23,25,30H,2-4,6-7,10-13,16H2,1H3. The fourth-order valence-corrected chi connectivity index (χ4v) is 6.85. The van der Waals surface area contributed by atoms with Gasteiger partial charge >= 0.3 is 0 Å². The number of nitrogens with zero attached hydrogens (tertiary/aromatic N) is 7. The van der Waals surface area contributed by atoms with Gasteiger partial charge in [0.1, 0.15) is 17.8 Å². The van der Waals surface area contributed by atoms with Gasteiger partial charge < -0.3 is 9.13 Å². The number of amides is 1. The molecule has 0 aromatic carbocycles. The minimum atomic E-state index is -0.0712. The highest BCUT2D eigenvalue weighted by Crippen LogP contribution is 2.43. The molecule has 0 spiro atoms. The molecule has 194 valence electrons. The van der Waals surface area contributed by atoms with Crippen LogP contribution in [0.4, 0.5) is 5.82 Å². The maximum Gasteiger partial charge on any atom is 0.234 e. The fourth-order valence-electron chi connectivity index (χ4n) is 6.85. The Bertz CT molecular complexity index is 1270. The Hall–Kier alpha value is -3.07. The van der Waals surface area contributed by atoms with Crippen molar-refractivity contribution in [3.8, 4) is 11.5 Å². The molecule has 3 aromatic heterocycles. The molecule has 37 heavy (non-hydrogen) atoms. The summed E-state index contributed by atoms with van der Waals surface area (Å²) in [6.45, 7) is 2.80. The lowest BCUT2D eigenvalue weighted by Gasteiger charge is -2.45. The van der Waals surface area contributed by atoms with E-state index in [1.54, 1.807) is 0 Å². The van der Waals surface area contributed by atoms with Crippen LogP contribution in [-0.2, 0) is 4.79 Å². The number of hydrogen-bond acceptors (Lipinski definition) is 6. The summed E-state index contributed by atoms with van der Waals surface area (Å²) < 4.78 is 4.46. The molecule has 1 aliphatic heterocycles. The number of fused-ring (bicyclic) bond motifs is 1. The van der Waals surface area contributed by atoms with Crippen LogP contribution in [0.15, 0.2) is 37.1 Å². The minimum Gasteiger partial charge on any atom is -0.334 e. The molecule has 1 saturated heterocycles. The molecule has 1 amide bonds. The molecule has 0 radical (unpaired) electrons. The summed E-state index contributed by atoms with van der Waals surface area (Å²) >= 11 is 0. The average Bonchev–Trinajstić information content (AvgIpc) is 3.45. The van der Waals surface area contributed by atoms with E-state index in [4.69, 9.17) is 4.98 Å². The van der Waals surface area contributed by atoms with E-state index < -0.39 is 0 Å². The van der Waals surface area contributed by atoms with Crippen LogP contribution in [0.1, 0.15) is 88.4 Å². The molecule has 9 heteroatoms. The number of imidazole rings is 1. The molecule has 1 N–H and O–H groups in total. The number of aromatic nitrogens is 6. The van der Waals surface area contributed by atoms with Gasteiger partial charge in [0.2, 0.25) is 5.91 Å². The molecule has 4 heterocycles. The highest BCUT2D eigenvalue weighted by atomic mass is 16.2. The van der Waals surface area contributed by atoms with Crippen molar-refractivity contribution in [1.82, 2.24) is 34.6 Å². The van der Waals surface area contributed by atoms with Gasteiger partial charge in [-0.25, -0.2) is 9.97 Å². The van der Waals surface area contributed by atoms with Crippen molar-refractivity contribution in [3.05, 3.63) is 42.7 Å². The average molecular weight is 501 g/mol. The van der Waals surface area contributed by atoms with Crippen LogP contribution in [0.2, 0.25) is 0 Å². The van der Waals surface area contributed by atoms with Crippen LogP contribution in [0.3, 0.4) is 0 Å². The summed E-state index contributed by atoms with van der Waals surface area (Å²) in [5, 5.41) is 12.3. The molecule has 7 rings (SSSR count). The van der Waals surface area contributed by atoms with Gasteiger partial charge in [-0.2, -0.15) is 0 Å². The molecular formula is C28H36N8O. The second-order valence-electron chi connectivity index (χ2n) is 11.6. The van der Waals surface area contributed by atoms with E-state index in [1.165, 1.54) is 37.8 Å². The molecule has 3 saturated carbocycles. The lowest BCUT2D eigenvalue weighted by molar-refractivity contribution is -0.127. The highest BCUT2D eigenvalue weighted by molar-refractivity contribution is 5.95. The second-order valence-corrected chi connectivity index (χ2v) is 11.6. The van der Waals surface area contributed by atoms with Gasteiger partial charge in [-0.1, -0.05) is 32.3 Å². The van der Waals surface area contributed by atoms with Crippen LogP contribution >= 0.6 is 0 Å². The Morgan fingerprint density at radius 2 is 1.89 bits per heavy atom. The number of rotatable bonds is 5. The first-order valence-corrected chi connectivity index (χ1v) is 14.1. The number of carbonyl (C=O) groups is 1. The van der Waals surface area contributed by atoms with Crippen LogP contribution in [0.25, 0.3) is 11.5 Å². The Balaban J connectivity index is 1.12. The van der Waals surface area contributed by atoms with E-state index in [0.717, 1.165) is 37.2 Å². The van der Waals surface area contributed by atoms with Crippen molar-refractivity contribution in [2.45, 2.75) is 88.8 Å². The van der Waals surface area contributed by atoms with Crippen molar-refractivity contribution in [2.75, 3.05) is 11.6 Å². The highest BCUT2D eigenvalue weighted by Gasteiger charge is 2.44. The zero-order valence-corrected chi connectivity index (χ0v) is 21.5. The lowest BCUT2D eigenvalue weighted by atomic mass is 9.74. The topological polar surface area (TPSA) is 93.8 Å². The van der Waals surface area contributed by atoms with Crippen LogP contribution in [0.5, 0.6) is 0 Å². The van der Waals surface area contributed by atoms with E-state index in [2.05, 4.69) is 42.8 Å². The van der Waals surface area contributed by atoms with E-state index in [-0.39, 0.29) is 17.9 Å². The van der Waals surface area contributed by atoms with Gasteiger partial charge in [0.05, 0.1) is 24.6 Å². The molecule has 9 nitrogen and oxygen atoms in total.